The average molecular weight is 305 g/mol. The molecule has 1 atom stereocenters. The van der Waals surface area contributed by atoms with E-state index in [2.05, 4.69) is 20.6 Å². The van der Waals surface area contributed by atoms with Gasteiger partial charge in [0.1, 0.15) is 6.33 Å². The van der Waals surface area contributed by atoms with Crippen LogP contribution in [-0.2, 0) is 4.79 Å². The smallest absolute Gasteiger partial charge is 0.241 e. The number of hydrogen-bond acceptors (Lipinski definition) is 4. The zero-order valence-electron chi connectivity index (χ0n) is 11.5. The highest BCUT2D eigenvalue weighted by Gasteiger charge is 2.21. The maximum Gasteiger partial charge on any atom is 0.241 e. The van der Waals surface area contributed by atoms with E-state index in [1.165, 1.54) is 6.33 Å². The Morgan fingerprint density at radius 2 is 1.86 bits per heavy atom. The molecule has 3 rings (SSSR count). The Morgan fingerprint density at radius 3 is 2.48 bits per heavy atom. The van der Waals surface area contributed by atoms with E-state index in [4.69, 9.17) is 0 Å². The number of halogens is 1. The predicted octanol–water partition coefficient (Wildman–Crippen LogP) is 2.26. The Kier molecular flexibility index (Phi) is 5.25. The van der Waals surface area contributed by atoms with Crippen LogP contribution in [0.15, 0.2) is 43.0 Å². The van der Waals surface area contributed by atoms with E-state index in [9.17, 15) is 4.79 Å². The highest BCUT2D eigenvalue weighted by molar-refractivity contribution is 5.95. The van der Waals surface area contributed by atoms with Gasteiger partial charge in [-0.3, -0.25) is 4.79 Å². The molecule has 1 aliphatic rings. The summed E-state index contributed by atoms with van der Waals surface area (Å²) in [6.45, 7) is 0.922. The van der Waals surface area contributed by atoms with Crippen molar-refractivity contribution in [2.45, 2.75) is 18.9 Å². The van der Waals surface area contributed by atoms with Crippen molar-refractivity contribution in [1.82, 2.24) is 15.3 Å². The Labute approximate surface area is 129 Å². The van der Waals surface area contributed by atoms with Gasteiger partial charge in [-0.15, -0.1) is 12.4 Å². The second-order valence-electron chi connectivity index (χ2n) is 4.84. The molecule has 5 nitrogen and oxygen atoms in total. The third-order valence-corrected chi connectivity index (χ3v) is 3.42. The molecule has 21 heavy (non-hydrogen) atoms. The van der Waals surface area contributed by atoms with E-state index in [0.29, 0.717) is 0 Å². The first kappa shape index (κ1) is 15.4. The van der Waals surface area contributed by atoms with Crippen molar-refractivity contribution in [3.63, 3.8) is 0 Å². The van der Waals surface area contributed by atoms with Crippen molar-refractivity contribution in [3.8, 4) is 11.1 Å². The maximum atomic E-state index is 12.0. The maximum absolute atomic E-state index is 12.0. The van der Waals surface area contributed by atoms with E-state index in [1.54, 1.807) is 12.4 Å². The molecule has 0 saturated carbocycles. The van der Waals surface area contributed by atoms with Crippen molar-refractivity contribution >= 4 is 24.0 Å². The number of carbonyl (C=O) groups is 1. The van der Waals surface area contributed by atoms with Crippen LogP contribution in [0.4, 0.5) is 5.69 Å². The lowest BCUT2D eigenvalue weighted by Crippen LogP contribution is -2.35. The van der Waals surface area contributed by atoms with E-state index in [-0.39, 0.29) is 24.4 Å². The molecular formula is C15H17ClN4O. The number of nitrogens with one attached hydrogen (secondary N) is 2. The van der Waals surface area contributed by atoms with Crippen LogP contribution in [-0.4, -0.2) is 28.5 Å². The van der Waals surface area contributed by atoms with Crippen molar-refractivity contribution < 1.29 is 4.79 Å². The van der Waals surface area contributed by atoms with Crippen LogP contribution < -0.4 is 10.6 Å². The van der Waals surface area contributed by atoms with Gasteiger partial charge in [-0.25, -0.2) is 9.97 Å². The minimum atomic E-state index is -0.0581. The third kappa shape index (κ3) is 3.77. The standard InChI is InChI=1S/C15H16N4O.ClH/c20-15(14-2-1-7-18-14)19-13-5-3-11(4-6-13)12-8-16-10-17-9-12;/h3-6,8-10,14,18H,1-2,7H2,(H,19,20);1H. The number of aromatic nitrogens is 2. The molecule has 0 spiro atoms. The predicted molar refractivity (Wildman–Crippen MR) is 84.4 cm³/mol. The molecule has 0 radical (unpaired) electrons. The van der Waals surface area contributed by atoms with Gasteiger partial charge in [0.2, 0.25) is 5.91 Å². The van der Waals surface area contributed by atoms with Gasteiger partial charge in [0.15, 0.2) is 0 Å². The summed E-state index contributed by atoms with van der Waals surface area (Å²) < 4.78 is 0. The molecule has 1 unspecified atom stereocenters. The number of nitrogens with zero attached hydrogens (tertiary/aromatic N) is 2. The Hall–Kier alpha value is -1.98. The van der Waals surface area contributed by atoms with Gasteiger partial charge in [-0.1, -0.05) is 12.1 Å². The highest BCUT2D eigenvalue weighted by atomic mass is 35.5. The molecule has 0 bridgehead atoms. The summed E-state index contributed by atoms with van der Waals surface area (Å²) in [5.74, 6) is 0.0401. The van der Waals surface area contributed by atoms with Crippen LogP contribution in [0.3, 0.4) is 0 Å². The fourth-order valence-electron chi connectivity index (χ4n) is 2.33. The van der Waals surface area contributed by atoms with Crippen LogP contribution in [0.25, 0.3) is 11.1 Å². The zero-order chi connectivity index (χ0) is 13.8. The topological polar surface area (TPSA) is 66.9 Å². The number of anilines is 1. The van der Waals surface area contributed by atoms with E-state index >= 15 is 0 Å². The first-order valence-electron chi connectivity index (χ1n) is 6.72. The summed E-state index contributed by atoms with van der Waals surface area (Å²) in [7, 11) is 0. The number of benzene rings is 1. The van der Waals surface area contributed by atoms with Gasteiger partial charge in [0.05, 0.1) is 6.04 Å². The van der Waals surface area contributed by atoms with Gasteiger partial charge in [-0.05, 0) is 37.1 Å². The lowest BCUT2D eigenvalue weighted by atomic mass is 10.1. The molecule has 2 N–H and O–H groups in total. The number of amides is 1. The van der Waals surface area contributed by atoms with Crippen LogP contribution >= 0.6 is 12.4 Å². The molecule has 1 aliphatic heterocycles. The van der Waals surface area contributed by atoms with Crippen LogP contribution in [0, 0.1) is 0 Å². The first-order valence-corrected chi connectivity index (χ1v) is 6.72. The molecule has 1 aromatic carbocycles. The van der Waals surface area contributed by atoms with Crippen molar-refractivity contribution in [3.05, 3.63) is 43.0 Å². The SMILES string of the molecule is Cl.O=C(Nc1ccc(-c2cncnc2)cc1)C1CCCN1. The summed E-state index contributed by atoms with van der Waals surface area (Å²) in [6, 6.07) is 7.65. The van der Waals surface area contributed by atoms with Crippen molar-refractivity contribution in [2.75, 3.05) is 11.9 Å². The van der Waals surface area contributed by atoms with Gasteiger partial charge in [0, 0.05) is 23.6 Å². The molecule has 0 aliphatic carbocycles. The summed E-state index contributed by atoms with van der Waals surface area (Å²) in [6.07, 6.45) is 7.01. The summed E-state index contributed by atoms with van der Waals surface area (Å²) in [5, 5.41) is 6.12. The lowest BCUT2D eigenvalue weighted by Gasteiger charge is -2.11. The van der Waals surface area contributed by atoms with Crippen molar-refractivity contribution in [1.29, 1.82) is 0 Å². The van der Waals surface area contributed by atoms with Gasteiger partial charge >= 0.3 is 0 Å². The monoisotopic (exact) mass is 304 g/mol. The number of carbonyl (C=O) groups excluding carboxylic acids is 1. The number of rotatable bonds is 3. The van der Waals surface area contributed by atoms with E-state index < -0.39 is 0 Å². The molecule has 1 aromatic heterocycles. The molecule has 1 fully saturated rings. The number of hydrogen-bond donors (Lipinski definition) is 2. The first-order chi connectivity index (χ1) is 9.83. The Morgan fingerprint density at radius 1 is 1.14 bits per heavy atom. The highest BCUT2D eigenvalue weighted by Crippen LogP contribution is 2.20. The van der Waals surface area contributed by atoms with Crippen molar-refractivity contribution in [2.24, 2.45) is 0 Å². The summed E-state index contributed by atoms with van der Waals surface area (Å²) >= 11 is 0. The Balaban J connectivity index is 0.00000161. The second kappa shape index (κ2) is 7.15. The van der Waals surface area contributed by atoms with Crippen LogP contribution in [0.1, 0.15) is 12.8 Å². The summed E-state index contributed by atoms with van der Waals surface area (Å²) in [4.78, 5) is 20.0. The fraction of sp³-hybridized carbons (Fsp3) is 0.267. The molecule has 6 heteroatoms. The molecular weight excluding hydrogens is 288 g/mol. The molecule has 1 saturated heterocycles. The molecule has 110 valence electrons. The summed E-state index contributed by atoms with van der Waals surface area (Å²) in [5.41, 5.74) is 2.80. The normalized spacial score (nSPS) is 17.0. The van der Waals surface area contributed by atoms with Gasteiger partial charge < -0.3 is 10.6 Å². The Bertz CT molecular complexity index is 582. The zero-order valence-corrected chi connectivity index (χ0v) is 12.3. The molecule has 2 aromatic rings. The largest absolute Gasteiger partial charge is 0.325 e. The van der Waals surface area contributed by atoms with Gasteiger partial charge in [0.25, 0.3) is 0 Å². The van der Waals surface area contributed by atoms with E-state index in [0.717, 1.165) is 36.2 Å². The van der Waals surface area contributed by atoms with Crippen LogP contribution in [0.5, 0.6) is 0 Å². The second-order valence-corrected chi connectivity index (χ2v) is 4.84. The fourth-order valence-corrected chi connectivity index (χ4v) is 2.33. The third-order valence-electron chi connectivity index (χ3n) is 3.42. The average Bonchev–Trinajstić information content (AvgIpc) is 3.03. The van der Waals surface area contributed by atoms with Crippen LogP contribution in [0.2, 0.25) is 0 Å². The quantitative estimate of drug-likeness (QED) is 0.913. The molecule has 1 amide bonds. The molecule has 2 heterocycles. The van der Waals surface area contributed by atoms with Gasteiger partial charge in [-0.2, -0.15) is 0 Å². The minimum Gasteiger partial charge on any atom is -0.325 e. The van der Waals surface area contributed by atoms with E-state index in [1.807, 2.05) is 24.3 Å². The lowest BCUT2D eigenvalue weighted by molar-refractivity contribution is -0.117. The minimum absolute atomic E-state index is 0.